The zero-order chi connectivity index (χ0) is 14.9. The van der Waals surface area contributed by atoms with Crippen molar-refractivity contribution in [3.05, 3.63) is 23.8 Å². The molecule has 2 N–H and O–H groups in total. The van der Waals surface area contributed by atoms with Gasteiger partial charge in [0.05, 0.1) is 11.5 Å². The van der Waals surface area contributed by atoms with E-state index in [1.54, 1.807) is 12.1 Å². The Morgan fingerprint density at radius 2 is 2.10 bits per heavy atom. The maximum atomic E-state index is 13.0. The molecule has 1 aliphatic carbocycles. The van der Waals surface area contributed by atoms with Crippen LogP contribution in [0.1, 0.15) is 31.2 Å². The van der Waals surface area contributed by atoms with Crippen molar-refractivity contribution >= 4 is 15.7 Å². The number of benzene rings is 1. The van der Waals surface area contributed by atoms with Crippen molar-refractivity contribution < 1.29 is 13.5 Å². The SMILES string of the molecule is O=S(=O)(c1cccc2c1CCCN2)N(CCO)C1CCC1. The van der Waals surface area contributed by atoms with Crippen LogP contribution in [0, 0.1) is 0 Å². The van der Waals surface area contributed by atoms with Gasteiger partial charge in [-0.05, 0) is 43.4 Å². The van der Waals surface area contributed by atoms with E-state index in [0.29, 0.717) is 4.90 Å². The third kappa shape index (κ3) is 2.67. The minimum Gasteiger partial charge on any atom is -0.395 e. The summed E-state index contributed by atoms with van der Waals surface area (Å²) >= 11 is 0. The molecule has 116 valence electrons. The molecule has 0 amide bonds. The molecule has 21 heavy (non-hydrogen) atoms. The summed E-state index contributed by atoms with van der Waals surface area (Å²) in [5.41, 5.74) is 1.82. The van der Waals surface area contributed by atoms with E-state index in [4.69, 9.17) is 0 Å². The number of aliphatic hydroxyl groups excluding tert-OH is 1. The number of sulfonamides is 1. The molecule has 0 bridgehead atoms. The molecule has 0 aromatic heterocycles. The number of nitrogens with one attached hydrogen (secondary N) is 1. The first kappa shape index (κ1) is 14.8. The fourth-order valence-electron chi connectivity index (χ4n) is 3.12. The van der Waals surface area contributed by atoms with Crippen molar-refractivity contribution in [3.8, 4) is 0 Å². The standard InChI is InChI=1S/C15H22N2O3S/c18-11-10-17(12-4-1-5-12)21(19,20)15-8-2-7-14-13(15)6-3-9-16-14/h2,7-8,12,16,18H,1,3-6,9-11H2. The summed E-state index contributed by atoms with van der Waals surface area (Å²) in [5, 5.41) is 12.5. The summed E-state index contributed by atoms with van der Waals surface area (Å²) in [6.07, 6.45) is 4.59. The van der Waals surface area contributed by atoms with Gasteiger partial charge in [-0.3, -0.25) is 0 Å². The Hall–Kier alpha value is -1.11. The number of rotatable bonds is 5. The van der Waals surface area contributed by atoms with Crippen molar-refractivity contribution in [2.45, 2.75) is 43.0 Å². The molecule has 1 aromatic rings. The fraction of sp³-hybridized carbons (Fsp3) is 0.600. The van der Waals surface area contributed by atoms with Gasteiger partial charge >= 0.3 is 0 Å². The first-order chi connectivity index (χ1) is 10.1. The van der Waals surface area contributed by atoms with Gasteiger partial charge in [0.2, 0.25) is 10.0 Å². The Morgan fingerprint density at radius 3 is 2.76 bits per heavy atom. The van der Waals surface area contributed by atoms with E-state index in [-0.39, 0.29) is 19.2 Å². The van der Waals surface area contributed by atoms with Crippen LogP contribution < -0.4 is 5.32 Å². The second-order valence-electron chi connectivity index (χ2n) is 5.74. The van der Waals surface area contributed by atoms with Gasteiger partial charge in [-0.25, -0.2) is 8.42 Å². The highest BCUT2D eigenvalue weighted by atomic mass is 32.2. The Bertz CT molecular complexity index is 611. The summed E-state index contributed by atoms with van der Waals surface area (Å²) in [4.78, 5) is 0.410. The van der Waals surface area contributed by atoms with Gasteiger partial charge in [-0.1, -0.05) is 12.5 Å². The van der Waals surface area contributed by atoms with Crippen LogP contribution in [0.25, 0.3) is 0 Å². The normalized spacial score (nSPS) is 19.0. The summed E-state index contributed by atoms with van der Waals surface area (Å²) in [6.45, 7) is 0.937. The lowest BCUT2D eigenvalue weighted by Crippen LogP contribution is -2.45. The average molecular weight is 310 g/mol. The molecule has 0 atom stereocenters. The Balaban J connectivity index is 2.00. The minimum absolute atomic E-state index is 0.0505. The molecule has 0 spiro atoms. The Labute approximate surface area is 126 Å². The van der Waals surface area contributed by atoms with Crippen LogP contribution in [0.5, 0.6) is 0 Å². The van der Waals surface area contributed by atoms with E-state index in [9.17, 15) is 13.5 Å². The zero-order valence-electron chi connectivity index (χ0n) is 12.1. The average Bonchev–Trinajstić information content (AvgIpc) is 2.44. The van der Waals surface area contributed by atoms with Crippen LogP contribution in [0.3, 0.4) is 0 Å². The number of nitrogens with zero attached hydrogens (tertiary/aromatic N) is 1. The van der Waals surface area contributed by atoms with E-state index in [1.165, 1.54) is 4.31 Å². The maximum Gasteiger partial charge on any atom is 0.243 e. The van der Waals surface area contributed by atoms with Gasteiger partial charge in [-0.15, -0.1) is 0 Å². The van der Waals surface area contributed by atoms with Crippen molar-refractivity contribution in [3.63, 3.8) is 0 Å². The van der Waals surface area contributed by atoms with E-state index in [2.05, 4.69) is 5.32 Å². The van der Waals surface area contributed by atoms with E-state index >= 15 is 0 Å². The Kier molecular flexibility index (Phi) is 4.19. The number of fused-ring (bicyclic) bond motifs is 1. The van der Waals surface area contributed by atoms with Gasteiger partial charge in [0.1, 0.15) is 0 Å². The van der Waals surface area contributed by atoms with Crippen LogP contribution >= 0.6 is 0 Å². The molecule has 1 saturated carbocycles. The summed E-state index contributed by atoms with van der Waals surface area (Å²) in [6, 6.07) is 5.48. The number of hydrogen-bond acceptors (Lipinski definition) is 4. The van der Waals surface area contributed by atoms with E-state index in [1.807, 2.05) is 6.07 Å². The molecule has 3 rings (SSSR count). The van der Waals surface area contributed by atoms with Crippen LogP contribution in [0.2, 0.25) is 0 Å². The highest BCUT2D eigenvalue weighted by Gasteiger charge is 2.36. The molecule has 0 radical (unpaired) electrons. The van der Waals surface area contributed by atoms with Crippen LogP contribution in [-0.4, -0.2) is 43.6 Å². The molecule has 6 heteroatoms. The van der Waals surface area contributed by atoms with Crippen LogP contribution in [-0.2, 0) is 16.4 Å². The predicted octanol–water partition coefficient (Wildman–Crippen LogP) is 1.58. The third-order valence-corrected chi connectivity index (χ3v) is 6.48. The molecule has 1 fully saturated rings. The molecule has 2 aliphatic rings. The second kappa shape index (κ2) is 5.94. The number of aliphatic hydroxyl groups is 1. The largest absolute Gasteiger partial charge is 0.395 e. The molecular formula is C15H22N2O3S. The molecular weight excluding hydrogens is 288 g/mol. The smallest absolute Gasteiger partial charge is 0.243 e. The van der Waals surface area contributed by atoms with Gasteiger partial charge in [0.25, 0.3) is 0 Å². The number of anilines is 1. The van der Waals surface area contributed by atoms with E-state index < -0.39 is 10.0 Å². The van der Waals surface area contributed by atoms with Crippen molar-refractivity contribution in [1.29, 1.82) is 0 Å². The van der Waals surface area contributed by atoms with Gasteiger partial charge < -0.3 is 10.4 Å². The molecule has 5 nitrogen and oxygen atoms in total. The molecule has 1 aliphatic heterocycles. The lowest BCUT2D eigenvalue weighted by atomic mass is 9.93. The summed E-state index contributed by atoms with van der Waals surface area (Å²) in [7, 11) is -3.53. The van der Waals surface area contributed by atoms with Crippen molar-refractivity contribution in [2.24, 2.45) is 0 Å². The van der Waals surface area contributed by atoms with Crippen molar-refractivity contribution in [2.75, 3.05) is 25.0 Å². The highest BCUT2D eigenvalue weighted by Crippen LogP contribution is 2.34. The molecule has 1 aromatic carbocycles. The minimum atomic E-state index is -3.53. The maximum absolute atomic E-state index is 13.0. The monoisotopic (exact) mass is 310 g/mol. The second-order valence-corrected chi connectivity index (χ2v) is 7.60. The van der Waals surface area contributed by atoms with Gasteiger partial charge in [0, 0.05) is 24.8 Å². The topological polar surface area (TPSA) is 69.6 Å². The molecule has 0 saturated heterocycles. The van der Waals surface area contributed by atoms with E-state index in [0.717, 1.165) is 49.9 Å². The lowest BCUT2D eigenvalue weighted by Gasteiger charge is -2.37. The van der Waals surface area contributed by atoms with Gasteiger partial charge in [-0.2, -0.15) is 4.31 Å². The van der Waals surface area contributed by atoms with Crippen LogP contribution in [0.4, 0.5) is 5.69 Å². The fourth-order valence-corrected chi connectivity index (χ4v) is 5.07. The third-order valence-electron chi connectivity index (χ3n) is 4.44. The van der Waals surface area contributed by atoms with Gasteiger partial charge in [0.15, 0.2) is 0 Å². The number of hydrogen-bond donors (Lipinski definition) is 2. The molecule has 0 unspecified atom stereocenters. The Morgan fingerprint density at radius 1 is 1.29 bits per heavy atom. The molecule has 1 heterocycles. The first-order valence-corrected chi connectivity index (χ1v) is 9.07. The zero-order valence-corrected chi connectivity index (χ0v) is 12.9. The van der Waals surface area contributed by atoms with Crippen molar-refractivity contribution in [1.82, 2.24) is 4.31 Å². The lowest BCUT2D eigenvalue weighted by molar-refractivity contribution is 0.178. The summed E-state index contributed by atoms with van der Waals surface area (Å²) in [5.74, 6) is 0. The first-order valence-electron chi connectivity index (χ1n) is 7.63. The summed E-state index contributed by atoms with van der Waals surface area (Å²) < 4.78 is 27.5. The highest BCUT2D eigenvalue weighted by molar-refractivity contribution is 7.89. The van der Waals surface area contributed by atoms with Crippen LogP contribution in [0.15, 0.2) is 23.1 Å². The quantitative estimate of drug-likeness (QED) is 0.866. The predicted molar refractivity (Wildman–Crippen MR) is 81.9 cm³/mol.